The first-order chi connectivity index (χ1) is 8.70. The first-order valence-corrected chi connectivity index (χ1v) is 7.34. The van der Waals surface area contributed by atoms with Crippen LogP contribution >= 0.6 is 11.8 Å². The summed E-state index contributed by atoms with van der Waals surface area (Å²) in [5.74, 6) is -0.389. The van der Waals surface area contributed by atoms with Crippen LogP contribution in [0.15, 0.2) is 12.4 Å². The van der Waals surface area contributed by atoms with E-state index < -0.39 is 5.97 Å². The highest BCUT2D eigenvalue weighted by Gasteiger charge is 2.24. The number of hydrogen-bond acceptors (Lipinski definition) is 5. The molecule has 0 radical (unpaired) electrons. The second kappa shape index (κ2) is 6.04. The summed E-state index contributed by atoms with van der Waals surface area (Å²) in [6, 6.07) is 0.402. The summed E-state index contributed by atoms with van der Waals surface area (Å²) < 4.78 is 0. The number of aromatic carboxylic acids is 1. The Balaban J connectivity index is 2.01. The number of nitrogens with one attached hydrogen (secondary N) is 1. The van der Waals surface area contributed by atoms with Gasteiger partial charge in [-0.15, -0.1) is 0 Å². The normalized spacial score (nSPS) is 23.6. The van der Waals surface area contributed by atoms with Crippen molar-refractivity contribution >= 4 is 23.5 Å². The highest BCUT2D eigenvalue weighted by Crippen LogP contribution is 2.28. The minimum Gasteiger partial charge on any atom is -0.476 e. The number of carboxylic acids is 1. The lowest BCUT2D eigenvalue weighted by atomic mass is 9.95. The zero-order chi connectivity index (χ0) is 13.0. The molecule has 1 saturated carbocycles. The molecule has 0 unspecified atom stereocenters. The van der Waals surface area contributed by atoms with E-state index >= 15 is 0 Å². The van der Waals surface area contributed by atoms with E-state index in [9.17, 15) is 4.79 Å². The second-order valence-corrected chi connectivity index (χ2v) is 5.48. The number of nitrogens with zero attached hydrogens (tertiary/aromatic N) is 2. The molecule has 1 aromatic heterocycles. The lowest BCUT2D eigenvalue weighted by Crippen LogP contribution is -2.34. The Labute approximate surface area is 110 Å². The van der Waals surface area contributed by atoms with Gasteiger partial charge in [0.25, 0.3) is 0 Å². The standard InChI is InChI=1S/C12H17N3O2S/c1-18-10-5-3-2-4-8(10)15-11-7-13-9(6-14-11)12(16)17/h6-8,10H,2-5H2,1H3,(H,14,15)(H,16,17)/t8-,10-/m0/s1. The van der Waals surface area contributed by atoms with Gasteiger partial charge in [0.05, 0.1) is 12.4 Å². The Bertz CT molecular complexity index is 410. The van der Waals surface area contributed by atoms with E-state index in [2.05, 4.69) is 21.5 Å². The maximum absolute atomic E-state index is 10.7. The van der Waals surface area contributed by atoms with Crippen LogP contribution in [0.3, 0.4) is 0 Å². The van der Waals surface area contributed by atoms with Crippen LogP contribution in [-0.2, 0) is 0 Å². The molecule has 1 aromatic rings. The van der Waals surface area contributed by atoms with Gasteiger partial charge in [0.15, 0.2) is 5.69 Å². The van der Waals surface area contributed by atoms with Gasteiger partial charge in [0, 0.05) is 11.3 Å². The Hall–Kier alpha value is -1.30. The van der Waals surface area contributed by atoms with Gasteiger partial charge in [-0.1, -0.05) is 12.8 Å². The fraction of sp³-hybridized carbons (Fsp3) is 0.583. The van der Waals surface area contributed by atoms with Crippen molar-refractivity contribution in [2.75, 3.05) is 11.6 Å². The van der Waals surface area contributed by atoms with E-state index in [-0.39, 0.29) is 5.69 Å². The Kier molecular flexibility index (Phi) is 4.41. The molecule has 1 heterocycles. The minimum atomic E-state index is -1.05. The molecule has 98 valence electrons. The zero-order valence-electron chi connectivity index (χ0n) is 10.3. The molecule has 1 fully saturated rings. The van der Waals surface area contributed by atoms with Crippen LogP contribution in [-0.4, -0.2) is 38.6 Å². The van der Waals surface area contributed by atoms with Gasteiger partial charge in [-0.05, 0) is 19.1 Å². The third-order valence-corrected chi connectivity index (χ3v) is 4.38. The number of rotatable bonds is 4. The molecule has 2 rings (SSSR count). The topological polar surface area (TPSA) is 75.1 Å². The van der Waals surface area contributed by atoms with Gasteiger partial charge >= 0.3 is 5.97 Å². The predicted molar refractivity (Wildman–Crippen MR) is 72.2 cm³/mol. The molecular weight excluding hydrogens is 250 g/mol. The van der Waals surface area contributed by atoms with Crippen LogP contribution in [0.4, 0.5) is 5.82 Å². The summed E-state index contributed by atoms with van der Waals surface area (Å²) in [5.41, 5.74) is -0.0226. The summed E-state index contributed by atoms with van der Waals surface area (Å²) in [6.45, 7) is 0. The summed E-state index contributed by atoms with van der Waals surface area (Å²) in [4.78, 5) is 18.6. The Morgan fingerprint density at radius 1 is 1.39 bits per heavy atom. The molecule has 1 aliphatic carbocycles. The van der Waals surface area contributed by atoms with Crippen molar-refractivity contribution in [3.05, 3.63) is 18.1 Å². The van der Waals surface area contributed by atoms with Crippen molar-refractivity contribution in [2.24, 2.45) is 0 Å². The maximum atomic E-state index is 10.7. The van der Waals surface area contributed by atoms with Gasteiger partial charge in [-0.2, -0.15) is 11.8 Å². The van der Waals surface area contributed by atoms with Gasteiger partial charge in [-0.3, -0.25) is 0 Å². The molecule has 0 bridgehead atoms. The number of hydrogen-bond donors (Lipinski definition) is 2. The van der Waals surface area contributed by atoms with Crippen molar-refractivity contribution in [3.63, 3.8) is 0 Å². The number of thioether (sulfide) groups is 1. The largest absolute Gasteiger partial charge is 0.476 e. The third kappa shape index (κ3) is 3.13. The SMILES string of the molecule is CS[C@H]1CCCC[C@@H]1Nc1cnc(C(=O)O)cn1. The molecule has 0 aromatic carbocycles. The molecule has 2 N–H and O–H groups in total. The Morgan fingerprint density at radius 2 is 2.17 bits per heavy atom. The number of aromatic nitrogens is 2. The van der Waals surface area contributed by atoms with Crippen LogP contribution < -0.4 is 5.32 Å². The Morgan fingerprint density at radius 3 is 2.78 bits per heavy atom. The van der Waals surface area contributed by atoms with E-state index in [0.29, 0.717) is 17.1 Å². The fourth-order valence-corrected chi connectivity index (χ4v) is 3.18. The first kappa shape index (κ1) is 13.1. The average molecular weight is 267 g/mol. The molecule has 18 heavy (non-hydrogen) atoms. The molecule has 0 saturated heterocycles. The number of carboxylic acid groups (broad SMARTS) is 1. The summed E-state index contributed by atoms with van der Waals surface area (Å²) in [5, 5.41) is 12.7. The van der Waals surface area contributed by atoms with Crippen molar-refractivity contribution in [3.8, 4) is 0 Å². The number of anilines is 1. The molecular formula is C12H17N3O2S. The van der Waals surface area contributed by atoms with Crippen LogP contribution in [0.2, 0.25) is 0 Å². The van der Waals surface area contributed by atoms with Crippen molar-refractivity contribution in [2.45, 2.75) is 37.0 Å². The third-order valence-electron chi connectivity index (χ3n) is 3.21. The lowest BCUT2D eigenvalue weighted by Gasteiger charge is -2.31. The first-order valence-electron chi connectivity index (χ1n) is 6.05. The average Bonchev–Trinajstić information content (AvgIpc) is 2.40. The molecule has 2 atom stereocenters. The summed E-state index contributed by atoms with van der Waals surface area (Å²) >= 11 is 1.88. The zero-order valence-corrected chi connectivity index (χ0v) is 11.1. The van der Waals surface area contributed by atoms with Crippen molar-refractivity contribution in [1.29, 1.82) is 0 Å². The van der Waals surface area contributed by atoms with Crippen LogP contribution in [0.5, 0.6) is 0 Å². The summed E-state index contributed by atoms with van der Waals surface area (Å²) in [6.07, 6.45) is 9.79. The van der Waals surface area contributed by atoms with Gasteiger partial charge < -0.3 is 10.4 Å². The maximum Gasteiger partial charge on any atom is 0.356 e. The van der Waals surface area contributed by atoms with E-state index in [1.165, 1.54) is 31.7 Å². The molecule has 6 heteroatoms. The van der Waals surface area contributed by atoms with Crippen LogP contribution in [0.1, 0.15) is 36.2 Å². The van der Waals surface area contributed by atoms with E-state index in [1.54, 1.807) is 0 Å². The van der Waals surface area contributed by atoms with Crippen LogP contribution in [0.25, 0.3) is 0 Å². The molecule has 5 nitrogen and oxygen atoms in total. The van der Waals surface area contributed by atoms with Crippen LogP contribution in [0, 0.1) is 0 Å². The molecule has 1 aliphatic rings. The number of carbonyl (C=O) groups is 1. The monoisotopic (exact) mass is 267 g/mol. The van der Waals surface area contributed by atoms with Gasteiger partial charge in [0.2, 0.25) is 0 Å². The van der Waals surface area contributed by atoms with Crippen molar-refractivity contribution in [1.82, 2.24) is 9.97 Å². The second-order valence-electron chi connectivity index (χ2n) is 4.40. The predicted octanol–water partition coefficient (Wildman–Crippen LogP) is 2.26. The van der Waals surface area contributed by atoms with E-state index in [1.807, 2.05) is 11.8 Å². The lowest BCUT2D eigenvalue weighted by molar-refractivity contribution is 0.0690. The minimum absolute atomic E-state index is 0.0226. The van der Waals surface area contributed by atoms with Gasteiger partial charge in [0.1, 0.15) is 5.82 Å². The summed E-state index contributed by atoms with van der Waals surface area (Å²) in [7, 11) is 0. The molecule has 0 aliphatic heterocycles. The molecule has 0 spiro atoms. The smallest absolute Gasteiger partial charge is 0.356 e. The quantitative estimate of drug-likeness (QED) is 0.871. The fourth-order valence-electron chi connectivity index (χ4n) is 2.25. The van der Waals surface area contributed by atoms with E-state index in [4.69, 9.17) is 5.11 Å². The highest BCUT2D eigenvalue weighted by atomic mass is 32.2. The van der Waals surface area contributed by atoms with Gasteiger partial charge in [-0.25, -0.2) is 14.8 Å². The molecule has 0 amide bonds. The van der Waals surface area contributed by atoms with Crippen molar-refractivity contribution < 1.29 is 9.90 Å². The highest BCUT2D eigenvalue weighted by molar-refractivity contribution is 7.99. The van der Waals surface area contributed by atoms with E-state index in [0.717, 1.165) is 6.42 Å².